The van der Waals surface area contributed by atoms with Gasteiger partial charge in [-0.1, -0.05) is 0 Å². The van der Waals surface area contributed by atoms with Crippen molar-refractivity contribution in [2.75, 3.05) is 24.3 Å². The Labute approximate surface area is 128 Å². The van der Waals surface area contributed by atoms with Crippen LogP contribution in [0.1, 0.15) is 42.6 Å². The zero-order valence-electron chi connectivity index (χ0n) is 12.4. The highest BCUT2D eigenvalue weighted by atomic mass is 16.5. The average Bonchev–Trinajstić information content (AvgIpc) is 3.04. The van der Waals surface area contributed by atoms with Gasteiger partial charge in [-0.3, -0.25) is 0 Å². The van der Waals surface area contributed by atoms with Gasteiger partial charge in [0.05, 0.1) is 30.9 Å². The third-order valence-corrected chi connectivity index (χ3v) is 4.25. The topological polar surface area (TPSA) is 90.9 Å². The molecule has 0 spiro atoms. The zero-order valence-corrected chi connectivity index (χ0v) is 12.4. The van der Waals surface area contributed by atoms with Crippen molar-refractivity contribution in [3.05, 3.63) is 30.0 Å². The van der Waals surface area contributed by atoms with Crippen LogP contribution in [0.3, 0.4) is 0 Å². The van der Waals surface area contributed by atoms with Crippen molar-refractivity contribution in [3.63, 3.8) is 0 Å². The fourth-order valence-electron chi connectivity index (χ4n) is 2.88. The SMILES string of the molecule is Nc1nc(NCc2cncn2C2CC2)cc(C2CCOC2)n1. The van der Waals surface area contributed by atoms with Crippen LogP contribution in [0.2, 0.25) is 0 Å². The van der Waals surface area contributed by atoms with Gasteiger partial charge in [-0.05, 0) is 19.3 Å². The Bertz CT molecular complexity index is 660. The summed E-state index contributed by atoms with van der Waals surface area (Å²) in [4.78, 5) is 12.9. The molecule has 0 bridgehead atoms. The van der Waals surface area contributed by atoms with Crippen molar-refractivity contribution < 1.29 is 4.74 Å². The van der Waals surface area contributed by atoms with Gasteiger partial charge >= 0.3 is 0 Å². The van der Waals surface area contributed by atoms with Gasteiger partial charge in [0, 0.05) is 30.8 Å². The quantitative estimate of drug-likeness (QED) is 0.873. The Balaban J connectivity index is 1.48. The lowest BCUT2D eigenvalue weighted by Crippen LogP contribution is -2.11. The van der Waals surface area contributed by atoms with E-state index in [4.69, 9.17) is 10.5 Å². The van der Waals surface area contributed by atoms with Gasteiger partial charge in [0.2, 0.25) is 5.95 Å². The first-order valence-electron chi connectivity index (χ1n) is 7.76. The molecule has 2 aromatic rings. The number of anilines is 2. The predicted octanol–water partition coefficient (Wildman–Crippen LogP) is 1.71. The maximum atomic E-state index is 5.84. The molecule has 116 valence electrons. The Morgan fingerprint density at radius 2 is 2.23 bits per heavy atom. The van der Waals surface area contributed by atoms with E-state index < -0.39 is 0 Å². The highest BCUT2D eigenvalue weighted by molar-refractivity contribution is 5.42. The summed E-state index contributed by atoms with van der Waals surface area (Å²) in [6, 6.07) is 2.61. The monoisotopic (exact) mass is 300 g/mol. The molecule has 0 radical (unpaired) electrons. The molecule has 1 aliphatic heterocycles. The molecular weight excluding hydrogens is 280 g/mol. The van der Waals surface area contributed by atoms with Crippen LogP contribution in [0.5, 0.6) is 0 Å². The Morgan fingerprint density at radius 1 is 1.32 bits per heavy atom. The maximum absolute atomic E-state index is 5.84. The molecule has 3 heterocycles. The van der Waals surface area contributed by atoms with Crippen LogP contribution in [0, 0.1) is 0 Å². The van der Waals surface area contributed by atoms with Gasteiger partial charge in [-0.15, -0.1) is 0 Å². The third kappa shape index (κ3) is 2.76. The summed E-state index contributed by atoms with van der Waals surface area (Å²) in [5.41, 5.74) is 7.98. The smallest absolute Gasteiger partial charge is 0.222 e. The summed E-state index contributed by atoms with van der Waals surface area (Å²) in [5.74, 6) is 1.39. The van der Waals surface area contributed by atoms with E-state index in [-0.39, 0.29) is 0 Å². The Kier molecular flexibility index (Phi) is 3.42. The van der Waals surface area contributed by atoms with Gasteiger partial charge in [0.25, 0.3) is 0 Å². The minimum Gasteiger partial charge on any atom is -0.381 e. The second-order valence-electron chi connectivity index (χ2n) is 5.97. The van der Waals surface area contributed by atoms with E-state index in [0.29, 0.717) is 31.1 Å². The minimum absolute atomic E-state index is 0.308. The molecule has 22 heavy (non-hydrogen) atoms. The molecule has 1 atom stereocenters. The van der Waals surface area contributed by atoms with Gasteiger partial charge in [-0.2, -0.15) is 4.98 Å². The van der Waals surface area contributed by atoms with Crippen molar-refractivity contribution in [2.45, 2.75) is 37.8 Å². The lowest BCUT2D eigenvalue weighted by Gasteiger charge is -2.12. The second kappa shape index (κ2) is 5.57. The van der Waals surface area contributed by atoms with Crippen molar-refractivity contribution in [1.82, 2.24) is 19.5 Å². The van der Waals surface area contributed by atoms with Gasteiger partial charge < -0.3 is 20.4 Å². The molecule has 7 heteroatoms. The molecule has 2 aromatic heterocycles. The van der Waals surface area contributed by atoms with Crippen LogP contribution in [-0.2, 0) is 11.3 Å². The van der Waals surface area contributed by atoms with Crippen LogP contribution in [-0.4, -0.2) is 32.7 Å². The molecule has 2 fully saturated rings. The van der Waals surface area contributed by atoms with Crippen LogP contribution in [0.4, 0.5) is 11.8 Å². The van der Waals surface area contributed by atoms with E-state index in [1.54, 1.807) is 0 Å². The normalized spacial score (nSPS) is 21.2. The first-order chi connectivity index (χ1) is 10.8. The molecule has 1 aliphatic carbocycles. The van der Waals surface area contributed by atoms with Crippen molar-refractivity contribution in [2.24, 2.45) is 0 Å². The number of hydrogen-bond donors (Lipinski definition) is 2. The summed E-state index contributed by atoms with van der Waals surface area (Å²) < 4.78 is 7.67. The average molecular weight is 300 g/mol. The summed E-state index contributed by atoms with van der Waals surface area (Å²) in [6.07, 6.45) is 7.29. The number of nitrogen functional groups attached to an aromatic ring is 1. The van der Waals surface area contributed by atoms with Gasteiger partial charge in [0.1, 0.15) is 5.82 Å². The van der Waals surface area contributed by atoms with E-state index >= 15 is 0 Å². The van der Waals surface area contributed by atoms with E-state index in [2.05, 4.69) is 24.8 Å². The summed E-state index contributed by atoms with van der Waals surface area (Å²) in [6.45, 7) is 2.19. The minimum atomic E-state index is 0.308. The maximum Gasteiger partial charge on any atom is 0.222 e. The second-order valence-corrected chi connectivity index (χ2v) is 5.97. The summed E-state index contributed by atoms with van der Waals surface area (Å²) in [7, 11) is 0. The first kappa shape index (κ1) is 13.5. The number of nitrogens with one attached hydrogen (secondary N) is 1. The number of nitrogens with two attached hydrogens (primary N) is 1. The summed E-state index contributed by atoms with van der Waals surface area (Å²) >= 11 is 0. The lowest BCUT2D eigenvalue weighted by molar-refractivity contribution is 0.193. The molecule has 0 aromatic carbocycles. The first-order valence-corrected chi connectivity index (χ1v) is 7.76. The molecule has 1 unspecified atom stereocenters. The van der Waals surface area contributed by atoms with Crippen LogP contribution in [0.25, 0.3) is 0 Å². The lowest BCUT2D eigenvalue weighted by atomic mass is 10.0. The van der Waals surface area contributed by atoms with Crippen LogP contribution >= 0.6 is 0 Å². The number of imidazole rings is 1. The molecule has 0 amide bonds. The molecule has 7 nitrogen and oxygen atoms in total. The van der Waals surface area contributed by atoms with E-state index in [1.165, 1.54) is 18.5 Å². The van der Waals surface area contributed by atoms with Crippen molar-refractivity contribution in [3.8, 4) is 0 Å². The molecule has 1 saturated heterocycles. The molecule has 4 rings (SSSR count). The fraction of sp³-hybridized carbons (Fsp3) is 0.533. The number of hydrogen-bond acceptors (Lipinski definition) is 6. The number of aromatic nitrogens is 4. The van der Waals surface area contributed by atoms with E-state index in [9.17, 15) is 0 Å². The highest BCUT2D eigenvalue weighted by Gasteiger charge is 2.25. The van der Waals surface area contributed by atoms with E-state index in [0.717, 1.165) is 24.5 Å². The summed E-state index contributed by atoms with van der Waals surface area (Å²) in [5, 5.41) is 3.34. The zero-order chi connectivity index (χ0) is 14.9. The third-order valence-electron chi connectivity index (χ3n) is 4.25. The molecule has 3 N–H and O–H groups in total. The van der Waals surface area contributed by atoms with Crippen molar-refractivity contribution >= 4 is 11.8 Å². The predicted molar refractivity (Wildman–Crippen MR) is 82.4 cm³/mol. The Hall–Kier alpha value is -2.15. The largest absolute Gasteiger partial charge is 0.381 e. The van der Waals surface area contributed by atoms with E-state index in [1.807, 2.05) is 18.6 Å². The fourth-order valence-corrected chi connectivity index (χ4v) is 2.88. The number of nitrogens with zero attached hydrogens (tertiary/aromatic N) is 4. The van der Waals surface area contributed by atoms with Gasteiger partial charge in [-0.25, -0.2) is 9.97 Å². The van der Waals surface area contributed by atoms with Crippen molar-refractivity contribution in [1.29, 1.82) is 0 Å². The standard InChI is InChI=1S/C15H20N6O/c16-15-19-13(10-3-4-22-8-10)5-14(20-15)18-7-12-6-17-9-21(12)11-1-2-11/h5-6,9-11H,1-4,7-8H2,(H3,16,18,19,20). The molecule has 1 saturated carbocycles. The number of ether oxygens (including phenoxy) is 1. The molecular formula is C15H20N6O. The number of rotatable bonds is 5. The highest BCUT2D eigenvalue weighted by Crippen LogP contribution is 2.35. The van der Waals surface area contributed by atoms with Crippen LogP contribution in [0.15, 0.2) is 18.6 Å². The van der Waals surface area contributed by atoms with Gasteiger partial charge in [0.15, 0.2) is 0 Å². The molecule has 2 aliphatic rings. The van der Waals surface area contributed by atoms with Crippen LogP contribution < -0.4 is 11.1 Å². The Morgan fingerprint density at radius 3 is 3.00 bits per heavy atom.